The minimum atomic E-state index is -3.40. The fraction of sp³-hybridized carbons (Fsp3) is 0.900. The first-order chi connectivity index (χ1) is 7.87. The highest BCUT2D eigenvalue weighted by Crippen LogP contribution is 2.20. The third-order valence-corrected chi connectivity index (χ3v) is 5.11. The van der Waals surface area contributed by atoms with Crippen molar-refractivity contribution in [1.29, 1.82) is 0 Å². The van der Waals surface area contributed by atoms with Crippen molar-refractivity contribution in [3.05, 3.63) is 0 Å². The maximum Gasteiger partial charge on any atom is 0.282 e. The molecule has 0 aliphatic carbocycles. The van der Waals surface area contributed by atoms with Gasteiger partial charge in [0.25, 0.3) is 10.2 Å². The number of hydrogen-bond donors (Lipinski definition) is 1. The fourth-order valence-electron chi connectivity index (χ4n) is 2.05. The minimum absolute atomic E-state index is 0.124. The molecule has 0 aromatic rings. The van der Waals surface area contributed by atoms with Crippen molar-refractivity contribution in [2.24, 2.45) is 11.7 Å². The summed E-state index contributed by atoms with van der Waals surface area (Å²) >= 11 is 4.78. The topological polar surface area (TPSA) is 66.6 Å². The Morgan fingerprint density at radius 2 is 2.24 bits per heavy atom. The molecule has 2 N–H and O–H groups in total. The largest absolute Gasteiger partial charge is 0.392 e. The van der Waals surface area contributed by atoms with E-state index in [4.69, 9.17) is 18.0 Å². The van der Waals surface area contributed by atoms with Crippen molar-refractivity contribution in [1.82, 2.24) is 8.61 Å². The normalized spacial score (nSPS) is 22.9. The number of piperidine rings is 1. The van der Waals surface area contributed by atoms with Crippen LogP contribution in [0, 0.1) is 5.92 Å². The molecule has 0 bridgehead atoms. The van der Waals surface area contributed by atoms with Gasteiger partial charge in [-0.05, 0) is 18.8 Å². The Morgan fingerprint density at radius 1 is 1.59 bits per heavy atom. The molecule has 100 valence electrons. The molecule has 5 nitrogen and oxygen atoms in total. The van der Waals surface area contributed by atoms with Gasteiger partial charge in [0.1, 0.15) is 0 Å². The second kappa shape index (κ2) is 6.08. The first kappa shape index (κ1) is 14.8. The van der Waals surface area contributed by atoms with E-state index in [-0.39, 0.29) is 11.5 Å². The standard InChI is InChI=1S/C10H21N3O2S2/c1-3-12(8-10(11)16)17(14,15)13-6-4-5-9(2)7-13/h9H,3-8H2,1-2H3,(H2,11,16). The molecule has 1 unspecified atom stereocenters. The molecule has 0 aromatic heterocycles. The summed E-state index contributed by atoms with van der Waals surface area (Å²) in [7, 11) is -3.40. The lowest BCUT2D eigenvalue weighted by molar-refractivity contribution is 0.263. The Balaban J connectivity index is 2.80. The average Bonchev–Trinajstić information content (AvgIpc) is 2.25. The first-order valence-electron chi connectivity index (χ1n) is 5.91. The molecule has 7 heteroatoms. The van der Waals surface area contributed by atoms with E-state index in [0.29, 0.717) is 25.6 Å². The Labute approximate surface area is 109 Å². The molecule has 0 radical (unpaired) electrons. The van der Waals surface area contributed by atoms with E-state index >= 15 is 0 Å². The van der Waals surface area contributed by atoms with Crippen LogP contribution in [-0.2, 0) is 10.2 Å². The van der Waals surface area contributed by atoms with Crippen molar-refractivity contribution in [2.45, 2.75) is 26.7 Å². The van der Waals surface area contributed by atoms with E-state index in [2.05, 4.69) is 6.92 Å². The van der Waals surface area contributed by atoms with Gasteiger partial charge in [0.2, 0.25) is 0 Å². The maximum atomic E-state index is 12.3. The van der Waals surface area contributed by atoms with Crippen molar-refractivity contribution >= 4 is 27.4 Å². The van der Waals surface area contributed by atoms with Crippen LogP contribution >= 0.6 is 12.2 Å². The van der Waals surface area contributed by atoms with Crippen molar-refractivity contribution in [2.75, 3.05) is 26.2 Å². The van der Waals surface area contributed by atoms with Crippen molar-refractivity contribution in [3.63, 3.8) is 0 Å². The van der Waals surface area contributed by atoms with Crippen LogP contribution in [0.1, 0.15) is 26.7 Å². The summed E-state index contributed by atoms with van der Waals surface area (Å²) in [4.78, 5) is 0.209. The summed E-state index contributed by atoms with van der Waals surface area (Å²) in [6.07, 6.45) is 2.01. The van der Waals surface area contributed by atoms with Gasteiger partial charge in [0.05, 0.1) is 11.5 Å². The lowest BCUT2D eigenvalue weighted by atomic mass is 10.0. The Kier molecular flexibility index (Phi) is 5.30. The summed E-state index contributed by atoms with van der Waals surface area (Å²) in [5.74, 6) is 0.419. The predicted molar refractivity (Wildman–Crippen MR) is 72.9 cm³/mol. The monoisotopic (exact) mass is 279 g/mol. The number of hydrogen-bond acceptors (Lipinski definition) is 3. The third-order valence-electron chi connectivity index (χ3n) is 2.96. The van der Waals surface area contributed by atoms with Gasteiger partial charge in [-0.1, -0.05) is 26.1 Å². The molecule has 1 heterocycles. The van der Waals surface area contributed by atoms with Gasteiger partial charge in [-0.2, -0.15) is 17.0 Å². The molecule has 1 saturated heterocycles. The molecule has 17 heavy (non-hydrogen) atoms. The lowest BCUT2D eigenvalue weighted by Gasteiger charge is -2.33. The number of nitrogens with two attached hydrogens (primary N) is 1. The van der Waals surface area contributed by atoms with Gasteiger partial charge in [0.15, 0.2) is 0 Å². The van der Waals surface area contributed by atoms with Crippen LogP contribution in [0.5, 0.6) is 0 Å². The van der Waals surface area contributed by atoms with Crippen LogP contribution in [0.2, 0.25) is 0 Å². The van der Waals surface area contributed by atoms with Gasteiger partial charge >= 0.3 is 0 Å². The average molecular weight is 279 g/mol. The number of rotatable bonds is 5. The molecule has 1 atom stereocenters. The quantitative estimate of drug-likeness (QED) is 0.747. The summed E-state index contributed by atoms with van der Waals surface area (Å²) in [6, 6.07) is 0. The van der Waals surface area contributed by atoms with Crippen LogP contribution in [-0.4, -0.2) is 48.2 Å². The highest BCUT2D eigenvalue weighted by atomic mass is 32.2. The van der Waals surface area contributed by atoms with Crippen LogP contribution in [0.4, 0.5) is 0 Å². The summed E-state index contributed by atoms with van der Waals surface area (Å²) in [6.45, 7) is 5.58. The number of nitrogens with zero attached hydrogens (tertiary/aromatic N) is 2. The molecule has 1 fully saturated rings. The Morgan fingerprint density at radius 3 is 2.71 bits per heavy atom. The van der Waals surface area contributed by atoms with Gasteiger partial charge in [-0.25, -0.2) is 0 Å². The van der Waals surface area contributed by atoms with Crippen molar-refractivity contribution < 1.29 is 8.42 Å². The zero-order valence-corrected chi connectivity index (χ0v) is 12.1. The second-order valence-corrected chi connectivity index (χ2v) is 6.96. The lowest BCUT2D eigenvalue weighted by Crippen LogP contribution is -2.49. The molecule has 0 amide bonds. The Bertz CT molecular complexity index is 370. The van der Waals surface area contributed by atoms with Gasteiger partial charge in [-0.3, -0.25) is 0 Å². The predicted octanol–water partition coefficient (Wildman–Crippen LogP) is 0.571. The van der Waals surface area contributed by atoms with Gasteiger partial charge < -0.3 is 5.73 Å². The molecular formula is C10H21N3O2S2. The number of likely N-dealkylation sites (N-methyl/N-ethyl adjacent to an activating group) is 1. The highest BCUT2D eigenvalue weighted by molar-refractivity contribution is 7.87. The molecule has 0 aromatic carbocycles. The number of thiocarbonyl (C=S) groups is 1. The summed E-state index contributed by atoms with van der Waals surface area (Å²) < 4.78 is 27.6. The van der Waals surface area contributed by atoms with Crippen LogP contribution in [0.15, 0.2) is 0 Å². The van der Waals surface area contributed by atoms with Crippen LogP contribution < -0.4 is 5.73 Å². The minimum Gasteiger partial charge on any atom is -0.392 e. The van der Waals surface area contributed by atoms with E-state index in [1.165, 1.54) is 4.31 Å². The van der Waals surface area contributed by atoms with E-state index < -0.39 is 10.2 Å². The first-order valence-corrected chi connectivity index (χ1v) is 7.72. The molecular weight excluding hydrogens is 258 g/mol. The summed E-state index contributed by atoms with van der Waals surface area (Å²) in [5, 5.41) is 0. The zero-order valence-electron chi connectivity index (χ0n) is 10.4. The van der Waals surface area contributed by atoms with E-state index in [0.717, 1.165) is 12.8 Å². The molecule has 0 spiro atoms. The SMILES string of the molecule is CCN(CC(N)=S)S(=O)(=O)N1CCCC(C)C1. The van der Waals surface area contributed by atoms with E-state index in [9.17, 15) is 8.42 Å². The zero-order chi connectivity index (χ0) is 13.1. The fourth-order valence-corrected chi connectivity index (χ4v) is 4.04. The Hall–Kier alpha value is -0.240. The van der Waals surface area contributed by atoms with Gasteiger partial charge in [0, 0.05) is 19.6 Å². The van der Waals surface area contributed by atoms with E-state index in [1.807, 2.05) is 0 Å². The molecule has 1 aliphatic rings. The van der Waals surface area contributed by atoms with Gasteiger partial charge in [-0.15, -0.1) is 0 Å². The van der Waals surface area contributed by atoms with Crippen LogP contribution in [0.3, 0.4) is 0 Å². The molecule has 1 aliphatic heterocycles. The van der Waals surface area contributed by atoms with Crippen LogP contribution in [0.25, 0.3) is 0 Å². The summed E-state index contributed by atoms with van der Waals surface area (Å²) in [5.41, 5.74) is 5.43. The molecule has 0 saturated carbocycles. The second-order valence-electron chi connectivity index (χ2n) is 4.51. The third kappa shape index (κ3) is 3.87. The van der Waals surface area contributed by atoms with E-state index in [1.54, 1.807) is 11.2 Å². The highest BCUT2D eigenvalue weighted by Gasteiger charge is 2.31. The maximum absolute atomic E-state index is 12.3. The smallest absolute Gasteiger partial charge is 0.282 e. The van der Waals surface area contributed by atoms with Crippen molar-refractivity contribution in [3.8, 4) is 0 Å². The molecule has 1 rings (SSSR count).